The Hall–Kier alpha value is 1.31. The summed E-state index contributed by atoms with van der Waals surface area (Å²) >= 11 is 2.09. The van der Waals surface area contributed by atoms with E-state index in [1.165, 1.54) is 0 Å². The van der Waals surface area contributed by atoms with Crippen LogP contribution in [0, 0.1) is 0 Å². The quantitative estimate of drug-likeness (QED) is 0.459. The van der Waals surface area contributed by atoms with E-state index in [1.54, 1.807) is 0 Å². The van der Waals surface area contributed by atoms with Crippen LogP contribution in [0.2, 0.25) is 0 Å². The molecule has 0 aliphatic rings. The van der Waals surface area contributed by atoms with Crippen LogP contribution in [0.3, 0.4) is 0 Å². The monoisotopic (exact) mass is 268 g/mol. The Labute approximate surface area is 63.2 Å². The van der Waals surface area contributed by atoms with Crippen molar-refractivity contribution in [2.24, 2.45) is 0 Å². The zero-order valence-corrected chi connectivity index (χ0v) is 8.09. The van der Waals surface area contributed by atoms with Gasteiger partial charge in [-0.3, -0.25) is 4.57 Å². The van der Waals surface area contributed by atoms with E-state index in [0.29, 0.717) is 6.16 Å². The van der Waals surface area contributed by atoms with Crippen LogP contribution in [0.25, 0.3) is 0 Å². The van der Waals surface area contributed by atoms with Gasteiger partial charge in [0.25, 0.3) is 0 Å². The highest BCUT2D eigenvalue weighted by Crippen LogP contribution is 2.55. The third-order valence-corrected chi connectivity index (χ3v) is 4.76. The molecule has 0 radical (unpaired) electrons. The van der Waals surface area contributed by atoms with Crippen molar-refractivity contribution in [3.63, 3.8) is 0 Å². The molecule has 0 rings (SSSR count). The zero-order valence-electron chi connectivity index (χ0n) is 4.04. The molecule has 0 bridgehead atoms. The molecule has 0 aliphatic carbocycles. The van der Waals surface area contributed by atoms with Crippen molar-refractivity contribution in [2.75, 3.05) is 10.6 Å². The number of hydrogen-bond acceptors (Lipinski definition) is 1. The second kappa shape index (κ2) is 4.18. The molecule has 0 heterocycles. The Balaban J connectivity index is 3.26. The summed E-state index contributed by atoms with van der Waals surface area (Å²) in [6, 6.07) is 0. The number of alkyl halides is 1. The van der Waals surface area contributed by atoms with Gasteiger partial charge in [-0.25, -0.2) is 0 Å². The lowest BCUT2D eigenvalue weighted by molar-refractivity contribution is 0.396. The van der Waals surface area contributed by atoms with E-state index in [-0.39, 0.29) is 8.27 Å². The molecular weight excluding hydrogens is 261 g/mol. The van der Waals surface area contributed by atoms with Crippen molar-refractivity contribution in [3.05, 3.63) is 0 Å². The highest BCUT2D eigenvalue weighted by Gasteiger charge is 2.09. The van der Waals surface area contributed by atoms with Crippen molar-refractivity contribution < 1.29 is 14.4 Å². The van der Waals surface area contributed by atoms with Gasteiger partial charge in [-0.2, -0.15) is 0 Å². The maximum absolute atomic E-state index is 10.1. The van der Waals surface area contributed by atoms with E-state index < -0.39 is 7.28 Å². The summed E-state index contributed by atoms with van der Waals surface area (Å²) in [5.74, 6) is 0. The summed E-state index contributed by atoms with van der Waals surface area (Å²) in [6.07, 6.45) is 0.630. The zero-order chi connectivity index (χ0) is 6.62. The standard InChI is InChI=1S/C2H7IO3P2/c3-1-2-7-8(4,5)6/h7H,1-2H2,(H2,4,5,6). The molecule has 1 atom stereocenters. The van der Waals surface area contributed by atoms with E-state index in [1.807, 2.05) is 0 Å². The minimum atomic E-state index is -3.66. The first-order valence-electron chi connectivity index (χ1n) is 1.93. The fourth-order valence-corrected chi connectivity index (χ4v) is 3.86. The highest BCUT2D eigenvalue weighted by atomic mass is 127. The average Bonchev–Trinajstić information content (AvgIpc) is 1.59. The smallest absolute Gasteiger partial charge is 0.322 e. The van der Waals surface area contributed by atoms with Crippen molar-refractivity contribution in [1.82, 2.24) is 0 Å². The second-order valence-corrected chi connectivity index (χ2v) is 6.82. The molecule has 50 valence electrons. The summed E-state index contributed by atoms with van der Waals surface area (Å²) in [5, 5.41) is 0. The molecule has 0 saturated heterocycles. The van der Waals surface area contributed by atoms with E-state index in [9.17, 15) is 4.57 Å². The number of halogens is 1. The van der Waals surface area contributed by atoms with Gasteiger partial charge in [0.05, 0.1) is 0 Å². The molecule has 8 heavy (non-hydrogen) atoms. The largest absolute Gasteiger partial charge is 0.341 e. The van der Waals surface area contributed by atoms with Gasteiger partial charge in [0, 0.05) is 12.7 Å². The van der Waals surface area contributed by atoms with Crippen molar-refractivity contribution >= 4 is 38.1 Å². The Bertz CT molecular complexity index is 99.5. The maximum atomic E-state index is 10.1. The molecule has 3 nitrogen and oxygen atoms in total. The lowest BCUT2D eigenvalue weighted by Gasteiger charge is -1.98. The topological polar surface area (TPSA) is 57.5 Å². The van der Waals surface area contributed by atoms with E-state index >= 15 is 0 Å². The summed E-state index contributed by atoms with van der Waals surface area (Å²) in [6.45, 7) is 0. The summed E-state index contributed by atoms with van der Waals surface area (Å²) in [7, 11) is -3.86. The van der Waals surface area contributed by atoms with Crippen LogP contribution in [0.1, 0.15) is 0 Å². The molecular formula is C2H7IO3P2. The fourth-order valence-electron chi connectivity index (χ4n) is 0.188. The minimum Gasteiger partial charge on any atom is -0.322 e. The SMILES string of the molecule is O=P(O)(O)PCCI. The van der Waals surface area contributed by atoms with Crippen LogP contribution in [-0.4, -0.2) is 20.4 Å². The molecule has 0 aromatic heterocycles. The third-order valence-electron chi connectivity index (χ3n) is 0.412. The van der Waals surface area contributed by atoms with Gasteiger partial charge < -0.3 is 9.79 Å². The van der Waals surface area contributed by atoms with Crippen molar-refractivity contribution in [1.29, 1.82) is 0 Å². The lowest BCUT2D eigenvalue weighted by atomic mass is 11.0. The molecule has 2 N–H and O–H groups in total. The summed E-state index contributed by atoms with van der Waals surface area (Å²) in [5.41, 5.74) is 0. The van der Waals surface area contributed by atoms with Crippen molar-refractivity contribution in [3.8, 4) is 0 Å². The Morgan fingerprint density at radius 3 is 2.25 bits per heavy atom. The first kappa shape index (κ1) is 9.31. The molecule has 0 aliphatic heterocycles. The van der Waals surface area contributed by atoms with E-state index in [2.05, 4.69) is 22.6 Å². The molecule has 0 spiro atoms. The van der Waals surface area contributed by atoms with Gasteiger partial charge >= 0.3 is 7.28 Å². The minimum absolute atomic E-state index is 0.199. The van der Waals surface area contributed by atoms with Crippen LogP contribution in [0.4, 0.5) is 0 Å². The molecule has 0 amide bonds. The highest BCUT2D eigenvalue weighted by molar-refractivity contribution is 14.1. The Morgan fingerprint density at radius 2 is 2.12 bits per heavy atom. The van der Waals surface area contributed by atoms with Gasteiger partial charge in [-0.15, -0.1) is 0 Å². The Morgan fingerprint density at radius 1 is 1.62 bits per heavy atom. The van der Waals surface area contributed by atoms with E-state index in [4.69, 9.17) is 9.79 Å². The van der Waals surface area contributed by atoms with Gasteiger partial charge in [0.2, 0.25) is 0 Å². The predicted molar refractivity (Wildman–Crippen MR) is 44.1 cm³/mol. The first-order chi connectivity index (χ1) is 3.56. The van der Waals surface area contributed by atoms with Crippen LogP contribution in [-0.2, 0) is 4.57 Å². The molecule has 0 fully saturated rings. The maximum Gasteiger partial charge on any atom is 0.341 e. The summed E-state index contributed by atoms with van der Waals surface area (Å²) < 4.78 is 10.9. The molecule has 1 unspecified atom stereocenters. The first-order valence-corrected chi connectivity index (χ1v) is 7.11. The van der Waals surface area contributed by atoms with Gasteiger partial charge in [0.1, 0.15) is 0 Å². The van der Waals surface area contributed by atoms with Crippen LogP contribution >= 0.6 is 38.1 Å². The second-order valence-electron chi connectivity index (χ2n) is 1.14. The average molecular weight is 268 g/mol. The van der Waals surface area contributed by atoms with Crippen LogP contribution in [0.15, 0.2) is 0 Å². The molecule has 0 saturated carbocycles. The molecule has 6 heteroatoms. The Kier molecular flexibility index (Phi) is 4.86. The number of hydrogen-bond donors (Lipinski definition) is 2. The fraction of sp³-hybridized carbons (Fsp3) is 1.00. The number of rotatable bonds is 3. The normalized spacial score (nSPS) is 13.4. The van der Waals surface area contributed by atoms with Gasteiger partial charge in [-0.05, 0) is 6.16 Å². The predicted octanol–water partition coefficient (Wildman–Crippen LogP) is 1.19. The van der Waals surface area contributed by atoms with Crippen molar-refractivity contribution in [2.45, 2.75) is 0 Å². The third kappa shape index (κ3) is 7.31. The lowest BCUT2D eigenvalue weighted by Crippen LogP contribution is -1.74. The van der Waals surface area contributed by atoms with Gasteiger partial charge in [-0.1, -0.05) is 22.6 Å². The summed E-state index contributed by atoms with van der Waals surface area (Å²) in [4.78, 5) is 16.5. The van der Waals surface area contributed by atoms with Gasteiger partial charge in [0.15, 0.2) is 0 Å². The molecule has 0 aromatic carbocycles. The van der Waals surface area contributed by atoms with Crippen LogP contribution in [0.5, 0.6) is 0 Å². The molecule has 0 aromatic rings. The van der Waals surface area contributed by atoms with Crippen LogP contribution < -0.4 is 0 Å². The van der Waals surface area contributed by atoms with E-state index in [0.717, 1.165) is 4.43 Å².